The molecule has 0 saturated carbocycles. The van der Waals surface area contributed by atoms with E-state index in [0.29, 0.717) is 11.9 Å². The van der Waals surface area contributed by atoms with Crippen molar-refractivity contribution in [2.75, 3.05) is 37.6 Å². The van der Waals surface area contributed by atoms with E-state index in [1.54, 1.807) is 23.7 Å². The van der Waals surface area contributed by atoms with Crippen LogP contribution in [0.15, 0.2) is 48.1 Å². The summed E-state index contributed by atoms with van der Waals surface area (Å²) in [7, 11) is 0. The van der Waals surface area contributed by atoms with Crippen molar-refractivity contribution in [1.29, 1.82) is 0 Å². The molecule has 0 aliphatic carbocycles. The zero-order chi connectivity index (χ0) is 20.8. The van der Waals surface area contributed by atoms with Crippen LogP contribution in [0.25, 0.3) is 10.8 Å². The van der Waals surface area contributed by atoms with Gasteiger partial charge < -0.3 is 10.2 Å². The molecular weight excluding hydrogens is 392 g/mol. The molecule has 158 valence electrons. The van der Waals surface area contributed by atoms with Crippen LogP contribution >= 0.6 is 11.3 Å². The van der Waals surface area contributed by atoms with E-state index in [2.05, 4.69) is 73.6 Å². The van der Waals surface area contributed by atoms with Crippen LogP contribution in [-0.2, 0) is 6.54 Å². The first kappa shape index (κ1) is 20.9. The lowest BCUT2D eigenvalue weighted by Crippen LogP contribution is -2.47. The van der Waals surface area contributed by atoms with Crippen LogP contribution in [0, 0.1) is 6.92 Å². The van der Waals surface area contributed by atoms with E-state index in [0.717, 1.165) is 56.4 Å². The summed E-state index contributed by atoms with van der Waals surface area (Å²) in [6.07, 6.45) is 4.65. The molecule has 1 saturated heterocycles. The third-order valence-corrected chi connectivity index (χ3v) is 6.44. The molecule has 1 fully saturated rings. The summed E-state index contributed by atoms with van der Waals surface area (Å²) >= 11 is 1.60. The Labute approximate surface area is 183 Å². The van der Waals surface area contributed by atoms with Crippen molar-refractivity contribution in [3.05, 3.63) is 59.4 Å². The van der Waals surface area contributed by atoms with E-state index in [4.69, 9.17) is 0 Å². The summed E-state index contributed by atoms with van der Waals surface area (Å²) in [6.45, 7) is 10.8. The van der Waals surface area contributed by atoms with Crippen LogP contribution < -0.4 is 10.2 Å². The summed E-state index contributed by atoms with van der Waals surface area (Å²) in [5, 5.41) is 6.58. The SMILES string of the molecule is Cc1cccc(N2CCN(CC[C@@H](C)NCc3csc(-c4ncccn4)n3)CC2)c1. The van der Waals surface area contributed by atoms with Crippen LogP contribution in [0.1, 0.15) is 24.6 Å². The first-order chi connectivity index (χ1) is 14.7. The molecule has 30 heavy (non-hydrogen) atoms. The summed E-state index contributed by atoms with van der Waals surface area (Å²) < 4.78 is 0. The molecule has 4 rings (SSSR count). The number of hydrogen-bond acceptors (Lipinski definition) is 7. The van der Waals surface area contributed by atoms with Crippen molar-refractivity contribution in [3.63, 3.8) is 0 Å². The number of hydrogen-bond donors (Lipinski definition) is 1. The summed E-state index contributed by atoms with van der Waals surface area (Å²) in [5.74, 6) is 0.701. The molecule has 6 nitrogen and oxygen atoms in total. The second kappa shape index (κ2) is 10.1. The lowest BCUT2D eigenvalue weighted by atomic mass is 10.1. The molecular formula is C23H30N6S. The Balaban J connectivity index is 1.17. The van der Waals surface area contributed by atoms with Crippen molar-refractivity contribution in [3.8, 4) is 10.8 Å². The molecule has 3 aromatic rings. The maximum atomic E-state index is 4.66. The van der Waals surface area contributed by atoms with Crippen molar-refractivity contribution in [2.24, 2.45) is 0 Å². The van der Waals surface area contributed by atoms with Gasteiger partial charge in [-0.05, 0) is 50.6 Å². The molecule has 0 spiro atoms. The number of nitrogens with one attached hydrogen (secondary N) is 1. The largest absolute Gasteiger partial charge is 0.369 e. The minimum atomic E-state index is 0.456. The van der Waals surface area contributed by atoms with Gasteiger partial charge in [0.2, 0.25) is 0 Å². The number of rotatable bonds is 8. The average molecular weight is 423 g/mol. The van der Waals surface area contributed by atoms with Crippen LogP contribution in [0.5, 0.6) is 0 Å². The molecule has 7 heteroatoms. The topological polar surface area (TPSA) is 57.2 Å². The van der Waals surface area contributed by atoms with Gasteiger partial charge in [-0.25, -0.2) is 15.0 Å². The first-order valence-corrected chi connectivity index (χ1v) is 11.5. The minimum Gasteiger partial charge on any atom is -0.369 e. The predicted molar refractivity (Wildman–Crippen MR) is 124 cm³/mol. The smallest absolute Gasteiger partial charge is 0.188 e. The summed E-state index contributed by atoms with van der Waals surface area (Å²) in [4.78, 5) is 18.3. The van der Waals surface area contributed by atoms with Crippen LogP contribution in [0.2, 0.25) is 0 Å². The molecule has 1 atom stereocenters. The molecule has 2 aromatic heterocycles. The zero-order valence-electron chi connectivity index (χ0n) is 17.8. The van der Waals surface area contributed by atoms with Crippen LogP contribution in [0.4, 0.5) is 5.69 Å². The fraction of sp³-hybridized carbons (Fsp3) is 0.435. The monoisotopic (exact) mass is 422 g/mol. The Morgan fingerprint density at radius 1 is 1.10 bits per heavy atom. The van der Waals surface area contributed by atoms with Crippen molar-refractivity contribution in [1.82, 2.24) is 25.2 Å². The van der Waals surface area contributed by atoms with Gasteiger partial charge in [-0.3, -0.25) is 4.90 Å². The van der Waals surface area contributed by atoms with E-state index in [9.17, 15) is 0 Å². The number of aryl methyl sites for hydroxylation is 1. The Bertz CT molecular complexity index is 920. The minimum absolute atomic E-state index is 0.456. The number of nitrogens with zero attached hydrogens (tertiary/aromatic N) is 5. The van der Waals surface area contributed by atoms with Gasteiger partial charge in [-0.1, -0.05) is 12.1 Å². The van der Waals surface area contributed by atoms with Crippen LogP contribution in [-0.4, -0.2) is 58.6 Å². The Morgan fingerprint density at radius 3 is 2.67 bits per heavy atom. The second-order valence-electron chi connectivity index (χ2n) is 7.95. The average Bonchev–Trinajstić information content (AvgIpc) is 3.26. The Hall–Kier alpha value is -2.35. The summed E-state index contributed by atoms with van der Waals surface area (Å²) in [6, 6.07) is 11.1. The first-order valence-electron chi connectivity index (χ1n) is 10.7. The van der Waals surface area contributed by atoms with Gasteiger partial charge in [-0.15, -0.1) is 11.3 Å². The lowest BCUT2D eigenvalue weighted by Gasteiger charge is -2.36. The third kappa shape index (κ3) is 5.62. The van der Waals surface area contributed by atoms with Crippen molar-refractivity contribution in [2.45, 2.75) is 32.9 Å². The highest BCUT2D eigenvalue weighted by atomic mass is 32.1. The number of piperazine rings is 1. The fourth-order valence-corrected chi connectivity index (χ4v) is 4.48. The summed E-state index contributed by atoms with van der Waals surface area (Å²) in [5.41, 5.74) is 3.74. The number of aromatic nitrogens is 3. The number of benzene rings is 1. The molecule has 1 aliphatic heterocycles. The molecule has 0 radical (unpaired) electrons. The van der Waals surface area contributed by atoms with Crippen molar-refractivity contribution < 1.29 is 0 Å². The number of anilines is 1. The maximum Gasteiger partial charge on any atom is 0.188 e. The van der Waals surface area contributed by atoms with Gasteiger partial charge in [0.05, 0.1) is 5.69 Å². The van der Waals surface area contributed by atoms with Crippen molar-refractivity contribution >= 4 is 17.0 Å². The van der Waals surface area contributed by atoms with Gasteiger partial charge in [0, 0.05) is 62.2 Å². The number of thiazole rings is 1. The second-order valence-corrected chi connectivity index (χ2v) is 8.81. The molecule has 1 aromatic carbocycles. The highest BCUT2D eigenvalue weighted by molar-refractivity contribution is 7.13. The molecule has 3 heterocycles. The quantitative estimate of drug-likeness (QED) is 0.599. The zero-order valence-corrected chi connectivity index (χ0v) is 18.6. The highest BCUT2D eigenvalue weighted by Crippen LogP contribution is 2.20. The third-order valence-electron chi connectivity index (χ3n) is 5.56. The normalized spacial score (nSPS) is 16.0. The predicted octanol–water partition coefficient (Wildman–Crippen LogP) is 3.60. The van der Waals surface area contributed by atoms with Gasteiger partial charge in [-0.2, -0.15) is 0 Å². The van der Waals surface area contributed by atoms with Gasteiger partial charge >= 0.3 is 0 Å². The molecule has 0 bridgehead atoms. The fourth-order valence-electron chi connectivity index (χ4n) is 3.71. The Kier molecular flexibility index (Phi) is 7.04. The van der Waals surface area contributed by atoms with E-state index < -0.39 is 0 Å². The molecule has 0 unspecified atom stereocenters. The molecule has 1 aliphatic rings. The van der Waals surface area contributed by atoms with E-state index in [1.807, 2.05) is 6.07 Å². The maximum absolute atomic E-state index is 4.66. The van der Waals surface area contributed by atoms with E-state index >= 15 is 0 Å². The van der Waals surface area contributed by atoms with Gasteiger partial charge in [0.15, 0.2) is 10.8 Å². The Morgan fingerprint density at radius 2 is 1.90 bits per heavy atom. The highest BCUT2D eigenvalue weighted by Gasteiger charge is 2.17. The standard InChI is InChI=1S/C23H30N6S/c1-18-5-3-6-21(15-18)29-13-11-28(12-14-29)10-7-19(2)26-16-20-17-30-23(27-20)22-24-8-4-9-25-22/h3-6,8-9,15,17,19,26H,7,10-14,16H2,1-2H3/t19-/m1/s1. The van der Waals surface area contributed by atoms with Gasteiger partial charge in [0.1, 0.15) is 0 Å². The van der Waals surface area contributed by atoms with Crippen LogP contribution in [0.3, 0.4) is 0 Å². The molecule has 1 N–H and O–H groups in total. The van der Waals surface area contributed by atoms with E-state index in [1.165, 1.54) is 11.3 Å². The van der Waals surface area contributed by atoms with Gasteiger partial charge in [0.25, 0.3) is 0 Å². The van der Waals surface area contributed by atoms with E-state index in [-0.39, 0.29) is 0 Å². The lowest BCUT2D eigenvalue weighted by molar-refractivity contribution is 0.244. The molecule has 0 amide bonds.